The second kappa shape index (κ2) is 38.4. The Hall–Kier alpha value is -1.21. The summed E-state index contributed by atoms with van der Waals surface area (Å²) in [6.07, 6.45) is 44.3. The molecular formula is C60H94BaO6S2. The Morgan fingerprint density at radius 2 is 0.580 bits per heavy atom. The molecule has 384 valence electrons. The van der Waals surface area contributed by atoms with Gasteiger partial charge < -0.3 is 9.11 Å². The molecule has 0 bridgehead atoms. The standard InChI is InChI=1S/2C30H48O3S.Ba/c2*1-3-5-7-9-11-13-15-17-20-26-24-27(21-18-16-14-12-10-8-6-4-2)30-28(25-26)22-19-23-29(30)34(31,32)33;/h2*19,22-25H,3-18,20-21H2,1-2H3,(H,31,32,33);/q;;+2/p-2. The molecule has 0 radical (unpaired) electrons. The Morgan fingerprint density at radius 3 is 0.841 bits per heavy atom. The Balaban J connectivity index is 0.000000467. The van der Waals surface area contributed by atoms with Crippen LogP contribution >= 0.6 is 0 Å². The number of unbranched alkanes of at least 4 members (excludes halogenated alkanes) is 28. The van der Waals surface area contributed by atoms with Gasteiger partial charge in [0.2, 0.25) is 0 Å². The summed E-state index contributed by atoms with van der Waals surface area (Å²) in [6, 6.07) is 18.8. The summed E-state index contributed by atoms with van der Waals surface area (Å²) in [5.41, 5.74) is 4.61. The number of hydrogen-bond donors (Lipinski definition) is 0. The molecule has 4 aromatic rings. The maximum absolute atomic E-state index is 12.0. The summed E-state index contributed by atoms with van der Waals surface area (Å²) in [5, 5.41) is 3.09. The molecule has 0 aliphatic heterocycles. The van der Waals surface area contributed by atoms with Crippen molar-refractivity contribution < 1.29 is 25.9 Å². The van der Waals surface area contributed by atoms with Crippen LogP contribution in [0.15, 0.2) is 70.5 Å². The predicted octanol–water partition coefficient (Wildman–Crippen LogP) is 17.8. The molecule has 0 aliphatic carbocycles. The molecule has 0 amide bonds. The summed E-state index contributed by atoms with van der Waals surface area (Å²) in [5.74, 6) is 0. The van der Waals surface area contributed by atoms with E-state index in [1.165, 1.54) is 190 Å². The topological polar surface area (TPSA) is 114 Å². The van der Waals surface area contributed by atoms with Crippen LogP contribution in [0, 0.1) is 0 Å². The minimum absolute atomic E-state index is 0. The van der Waals surface area contributed by atoms with Crippen LogP contribution in [0.2, 0.25) is 0 Å². The van der Waals surface area contributed by atoms with E-state index < -0.39 is 20.2 Å². The van der Waals surface area contributed by atoms with Crippen molar-refractivity contribution in [3.05, 3.63) is 82.9 Å². The number of hydrogen-bond acceptors (Lipinski definition) is 6. The van der Waals surface area contributed by atoms with Gasteiger partial charge in [0.25, 0.3) is 0 Å². The van der Waals surface area contributed by atoms with Gasteiger partial charge in [0.1, 0.15) is 20.2 Å². The minimum Gasteiger partial charge on any atom is -0.744 e. The maximum atomic E-state index is 12.0. The van der Waals surface area contributed by atoms with E-state index in [1.54, 1.807) is 12.1 Å². The molecule has 0 heterocycles. The molecule has 0 saturated heterocycles. The molecule has 6 nitrogen and oxygen atoms in total. The van der Waals surface area contributed by atoms with Crippen molar-refractivity contribution in [2.24, 2.45) is 0 Å². The third-order valence-corrected chi connectivity index (χ3v) is 15.7. The van der Waals surface area contributed by atoms with E-state index in [0.29, 0.717) is 10.8 Å². The van der Waals surface area contributed by atoms with Crippen LogP contribution in [0.3, 0.4) is 0 Å². The van der Waals surface area contributed by atoms with Gasteiger partial charge in [0, 0.05) is 10.8 Å². The van der Waals surface area contributed by atoms with Crippen molar-refractivity contribution in [1.29, 1.82) is 0 Å². The Labute approximate surface area is 463 Å². The summed E-state index contributed by atoms with van der Waals surface area (Å²) >= 11 is 0. The van der Waals surface area contributed by atoms with E-state index in [4.69, 9.17) is 0 Å². The van der Waals surface area contributed by atoms with Crippen molar-refractivity contribution in [2.75, 3.05) is 0 Å². The second-order valence-electron chi connectivity index (χ2n) is 20.0. The largest absolute Gasteiger partial charge is 2.00 e. The number of fused-ring (bicyclic) bond motifs is 2. The predicted molar refractivity (Wildman–Crippen MR) is 295 cm³/mol. The van der Waals surface area contributed by atoms with E-state index in [-0.39, 0.29) is 58.7 Å². The Bertz CT molecular complexity index is 2030. The SMILES string of the molecule is CCCCCCCCCCc1cc(CCCCCCCCCC)c2c(S(=O)(=O)[O-])cccc2c1.CCCCCCCCCCc1cc(CCCCCCCCCC)c2c(S(=O)(=O)[O-])cccc2c1.[Ba+2]. The molecular weight excluding hydrogens is 1020 g/mol. The normalized spacial score (nSPS) is 11.8. The number of rotatable bonds is 38. The molecule has 0 atom stereocenters. The van der Waals surface area contributed by atoms with E-state index in [1.807, 2.05) is 12.1 Å². The van der Waals surface area contributed by atoms with Gasteiger partial charge in [-0.05, 0) is 96.5 Å². The van der Waals surface area contributed by atoms with Crippen LogP contribution < -0.4 is 0 Å². The van der Waals surface area contributed by atoms with E-state index in [9.17, 15) is 25.9 Å². The Kier molecular flexibility index (Phi) is 35.5. The van der Waals surface area contributed by atoms with Crippen molar-refractivity contribution >= 4 is 90.7 Å². The molecule has 0 fully saturated rings. The first kappa shape index (κ1) is 63.9. The molecule has 0 spiro atoms. The summed E-state index contributed by atoms with van der Waals surface area (Å²) in [6.45, 7) is 8.98. The van der Waals surface area contributed by atoms with Crippen molar-refractivity contribution in [1.82, 2.24) is 0 Å². The van der Waals surface area contributed by atoms with E-state index in [2.05, 4.69) is 52.0 Å². The minimum atomic E-state index is -4.50. The van der Waals surface area contributed by atoms with Crippen LogP contribution in [-0.4, -0.2) is 74.8 Å². The molecule has 4 aromatic carbocycles. The van der Waals surface area contributed by atoms with Crippen LogP contribution in [-0.2, 0) is 45.9 Å². The van der Waals surface area contributed by atoms with Gasteiger partial charge in [-0.1, -0.05) is 256 Å². The van der Waals surface area contributed by atoms with Crippen molar-refractivity contribution in [3.8, 4) is 0 Å². The van der Waals surface area contributed by atoms with Crippen molar-refractivity contribution in [2.45, 2.75) is 269 Å². The average Bonchev–Trinajstić information content (AvgIpc) is 3.31. The first-order valence-electron chi connectivity index (χ1n) is 27.9. The molecule has 9 heteroatoms. The maximum Gasteiger partial charge on any atom is 2.00 e. The smallest absolute Gasteiger partial charge is 0.744 e. The zero-order valence-corrected chi connectivity index (χ0v) is 50.3. The third kappa shape index (κ3) is 26.5. The van der Waals surface area contributed by atoms with E-state index >= 15 is 0 Å². The average molecular weight is 1110 g/mol. The second-order valence-corrected chi connectivity index (χ2v) is 22.7. The van der Waals surface area contributed by atoms with Gasteiger partial charge in [-0.25, -0.2) is 16.8 Å². The number of benzene rings is 4. The molecule has 0 saturated carbocycles. The zero-order chi connectivity index (χ0) is 49.3. The molecule has 0 aliphatic rings. The first-order chi connectivity index (χ1) is 32.9. The monoisotopic (exact) mass is 1110 g/mol. The fourth-order valence-electron chi connectivity index (χ4n) is 10.0. The fourth-order valence-corrected chi connectivity index (χ4v) is 11.5. The van der Waals surface area contributed by atoms with Gasteiger partial charge in [-0.3, -0.25) is 0 Å². The van der Waals surface area contributed by atoms with Crippen LogP contribution in [0.1, 0.15) is 255 Å². The van der Waals surface area contributed by atoms with Gasteiger partial charge >= 0.3 is 48.9 Å². The quantitative estimate of drug-likeness (QED) is 0.0251. The third-order valence-electron chi connectivity index (χ3n) is 13.9. The molecule has 0 aromatic heterocycles. The van der Waals surface area contributed by atoms with Gasteiger partial charge in [-0.15, -0.1) is 0 Å². The fraction of sp³-hybridized carbons (Fsp3) is 0.667. The van der Waals surface area contributed by atoms with Crippen molar-refractivity contribution in [3.63, 3.8) is 0 Å². The van der Waals surface area contributed by atoms with E-state index in [0.717, 1.165) is 86.1 Å². The first-order valence-corrected chi connectivity index (χ1v) is 30.8. The van der Waals surface area contributed by atoms with Gasteiger partial charge in [0.05, 0.1) is 9.79 Å². The molecule has 0 N–H and O–H groups in total. The molecule has 0 unspecified atom stereocenters. The Morgan fingerprint density at radius 1 is 0.333 bits per heavy atom. The summed E-state index contributed by atoms with van der Waals surface area (Å²) in [4.78, 5) is -0.114. The summed E-state index contributed by atoms with van der Waals surface area (Å²) in [7, 11) is -8.99. The summed E-state index contributed by atoms with van der Waals surface area (Å²) < 4.78 is 71.8. The van der Waals surface area contributed by atoms with Crippen LogP contribution in [0.25, 0.3) is 21.5 Å². The van der Waals surface area contributed by atoms with Gasteiger partial charge in [0.15, 0.2) is 0 Å². The molecule has 4 rings (SSSR count). The van der Waals surface area contributed by atoms with Crippen LogP contribution in [0.4, 0.5) is 0 Å². The number of aryl methyl sites for hydroxylation is 4. The van der Waals surface area contributed by atoms with Crippen LogP contribution in [0.5, 0.6) is 0 Å². The zero-order valence-electron chi connectivity index (χ0n) is 44.2. The molecule has 69 heavy (non-hydrogen) atoms. The van der Waals surface area contributed by atoms with Gasteiger partial charge in [-0.2, -0.15) is 0 Å².